The first-order chi connectivity index (χ1) is 10.6. The molecule has 1 amide bonds. The highest BCUT2D eigenvalue weighted by Crippen LogP contribution is 2.13. The van der Waals surface area contributed by atoms with E-state index in [4.69, 9.17) is 0 Å². The lowest BCUT2D eigenvalue weighted by Crippen LogP contribution is -2.29. The number of halogens is 1. The largest absolute Gasteiger partial charge is 0.325 e. The van der Waals surface area contributed by atoms with Gasteiger partial charge in [-0.05, 0) is 61.7 Å². The van der Waals surface area contributed by atoms with Crippen molar-refractivity contribution < 1.29 is 9.18 Å². The molecule has 0 unspecified atom stereocenters. The fourth-order valence-electron chi connectivity index (χ4n) is 2.15. The molecule has 0 fully saturated rings. The predicted molar refractivity (Wildman–Crippen MR) is 87.5 cm³/mol. The van der Waals surface area contributed by atoms with Crippen molar-refractivity contribution in [3.8, 4) is 0 Å². The van der Waals surface area contributed by atoms with Crippen LogP contribution in [-0.4, -0.2) is 19.0 Å². The van der Waals surface area contributed by atoms with E-state index in [0.717, 1.165) is 11.3 Å². The predicted octanol–water partition coefficient (Wildman–Crippen LogP) is 3.21. The van der Waals surface area contributed by atoms with Crippen molar-refractivity contribution in [2.45, 2.75) is 20.3 Å². The van der Waals surface area contributed by atoms with Gasteiger partial charge in [-0.15, -0.1) is 0 Å². The van der Waals surface area contributed by atoms with E-state index in [-0.39, 0.29) is 18.3 Å². The minimum atomic E-state index is -0.205. The van der Waals surface area contributed by atoms with Gasteiger partial charge in [0.15, 0.2) is 0 Å². The lowest BCUT2D eigenvalue weighted by atomic mass is 10.1. The molecule has 116 valence electrons. The zero-order chi connectivity index (χ0) is 15.9. The van der Waals surface area contributed by atoms with Crippen molar-refractivity contribution in [1.29, 1.82) is 0 Å². The number of hydrogen-bond donors (Lipinski definition) is 2. The van der Waals surface area contributed by atoms with Crippen molar-refractivity contribution in [3.05, 3.63) is 65.0 Å². The van der Waals surface area contributed by atoms with E-state index < -0.39 is 0 Å². The van der Waals surface area contributed by atoms with Crippen LogP contribution in [0.1, 0.15) is 16.7 Å². The highest BCUT2D eigenvalue weighted by atomic mass is 19.1. The Labute approximate surface area is 130 Å². The molecule has 0 aliphatic heterocycles. The molecule has 0 radical (unpaired) electrons. The number of benzene rings is 2. The fraction of sp³-hybridized carbons (Fsp3) is 0.278. The van der Waals surface area contributed by atoms with Crippen molar-refractivity contribution >= 4 is 11.6 Å². The first-order valence-electron chi connectivity index (χ1n) is 7.37. The Balaban J connectivity index is 1.74. The second-order valence-corrected chi connectivity index (χ2v) is 5.37. The summed E-state index contributed by atoms with van der Waals surface area (Å²) in [5.74, 6) is -0.305. The Morgan fingerprint density at radius 3 is 2.59 bits per heavy atom. The standard InChI is InChI=1S/C18H21FN2O/c1-13-7-8-16(11-14(13)2)21-18(22)12-20-10-9-15-5-3-4-6-17(15)19/h3-8,11,20H,9-10,12H2,1-2H3,(H,21,22). The van der Waals surface area contributed by atoms with Gasteiger partial charge in [0, 0.05) is 5.69 Å². The third-order valence-corrected chi connectivity index (χ3v) is 3.61. The van der Waals surface area contributed by atoms with Gasteiger partial charge < -0.3 is 10.6 Å². The van der Waals surface area contributed by atoms with Gasteiger partial charge in [0.05, 0.1) is 6.54 Å². The summed E-state index contributed by atoms with van der Waals surface area (Å²) in [5.41, 5.74) is 3.79. The average Bonchev–Trinajstić information content (AvgIpc) is 2.49. The van der Waals surface area contributed by atoms with E-state index in [9.17, 15) is 9.18 Å². The maximum Gasteiger partial charge on any atom is 0.238 e. The van der Waals surface area contributed by atoms with Crippen LogP contribution in [0.3, 0.4) is 0 Å². The number of carbonyl (C=O) groups is 1. The van der Waals surface area contributed by atoms with Crippen LogP contribution in [0.5, 0.6) is 0 Å². The Morgan fingerprint density at radius 1 is 1.09 bits per heavy atom. The molecule has 3 nitrogen and oxygen atoms in total. The van der Waals surface area contributed by atoms with Crippen LogP contribution in [-0.2, 0) is 11.2 Å². The first kappa shape index (κ1) is 16.2. The van der Waals surface area contributed by atoms with Crippen LogP contribution in [0.2, 0.25) is 0 Å². The normalized spacial score (nSPS) is 10.5. The molecule has 0 aliphatic rings. The maximum absolute atomic E-state index is 13.4. The van der Waals surface area contributed by atoms with Crippen molar-refractivity contribution in [3.63, 3.8) is 0 Å². The van der Waals surface area contributed by atoms with E-state index in [1.807, 2.05) is 38.1 Å². The molecule has 2 aromatic rings. The Kier molecular flexibility index (Phi) is 5.67. The zero-order valence-corrected chi connectivity index (χ0v) is 12.9. The van der Waals surface area contributed by atoms with Gasteiger partial charge in [-0.3, -0.25) is 4.79 Å². The maximum atomic E-state index is 13.4. The molecule has 2 aromatic carbocycles. The van der Waals surface area contributed by atoms with Gasteiger partial charge >= 0.3 is 0 Å². The van der Waals surface area contributed by atoms with Crippen LogP contribution < -0.4 is 10.6 Å². The average molecular weight is 300 g/mol. The van der Waals surface area contributed by atoms with E-state index >= 15 is 0 Å². The highest BCUT2D eigenvalue weighted by Gasteiger charge is 2.04. The monoisotopic (exact) mass is 300 g/mol. The van der Waals surface area contributed by atoms with E-state index in [2.05, 4.69) is 10.6 Å². The van der Waals surface area contributed by atoms with Crippen molar-refractivity contribution in [1.82, 2.24) is 5.32 Å². The summed E-state index contributed by atoms with van der Waals surface area (Å²) in [7, 11) is 0. The molecule has 0 aliphatic carbocycles. The molecule has 4 heteroatoms. The summed E-state index contributed by atoms with van der Waals surface area (Å²) < 4.78 is 13.4. The van der Waals surface area contributed by atoms with E-state index in [1.165, 1.54) is 11.6 Å². The minimum Gasteiger partial charge on any atom is -0.325 e. The fourth-order valence-corrected chi connectivity index (χ4v) is 2.15. The molecule has 0 atom stereocenters. The van der Waals surface area contributed by atoms with Crippen LogP contribution in [0.15, 0.2) is 42.5 Å². The van der Waals surface area contributed by atoms with Gasteiger partial charge in [0.1, 0.15) is 5.82 Å². The molecule has 0 aromatic heterocycles. The summed E-state index contributed by atoms with van der Waals surface area (Å²) >= 11 is 0. The van der Waals surface area contributed by atoms with Crippen LogP contribution in [0, 0.1) is 19.7 Å². The molecule has 2 rings (SSSR count). The molecular formula is C18H21FN2O. The number of aryl methyl sites for hydroxylation is 2. The number of nitrogens with one attached hydrogen (secondary N) is 2. The van der Waals surface area contributed by atoms with Gasteiger partial charge in [-0.2, -0.15) is 0 Å². The van der Waals surface area contributed by atoms with Gasteiger partial charge in [-0.25, -0.2) is 4.39 Å². The number of hydrogen-bond acceptors (Lipinski definition) is 2. The third-order valence-electron chi connectivity index (χ3n) is 3.61. The lowest BCUT2D eigenvalue weighted by Gasteiger charge is -2.09. The second-order valence-electron chi connectivity index (χ2n) is 5.37. The van der Waals surface area contributed by atoms with Gasteiger partial charge in [-0.1, -0.05) is 24.3 Å². The number of carbonyl (C=O) groups excluding carboxylic acids is 1. The molecule has 0 saturated carbocycles. The zero-order valence-electron chi connectivity index (χ0n) is 12.9. The number of rotatable bonds is 6. The molecular weight excluding hydrogens is 279 g/mol. The molecule has 0 saturated heterocycles. The summed E-state index contributed by atoms with van der Waals surface area (Å²) in [6.07, 6.45) is 0.559. The van der Waals surface area contributed by atoms with Crippen molar-refractivity contribution in [2.24, 2.45) is 0 Å². The SMILES string of the molecule is Cc1ccc(NC(=O)CNCCc2ccccc2F)cc1C. The third kappa shape index (κ3) is 4.67. The Bertz CT molecular complexity index is 655. The molecule has 0 heterocycles. The topological polar surface area (TPSA) is 41.1 Å². The van der Waals surface area contributed by atoms with E-state index in [1.54, 1.807) is 12.1 Å². The number of amides is 1. The molecule has 0 spiro atoms. The minimum absolute atomic E-state index is 0.100. The quantitative estimate of drug-likeness (QED) is 0.804. The van der Waals surface area contributed by atoms with Crippen LogP contribution in [0.4, 0.5) is 10.1 Å². The van der Waals surface area contributed by atoms with Crippen molar-refractivity contribution in [2.75, 3.05) is 18.4 Å². The van der Waals surface area contributed by atoms with Gasteiger partial charge in [0.25, 0.3) is 0 Å². The van der Waals surface area contributed by atoms with Crippen LogP contribution in [0.25, 0.3) is 0 Å². The summed E-state index contributed by atoms with van der Waals surface area (Å²) in [6.45, 7) is 4.81. The second kappa shape index (κ2) is 7.71. The first-order valence-corrected chi connectivity index (χ1v) is 7.37. The van der Waals surface area contributed by atoms with Crippen LogP contribution >= 0.6 is 0 Å². The Morgan fingerprint density at radius 2 is 1.86 bits per heavy atom. The Hall–Kier alpha value is -2.20. The summed E-state index contributed by atoms with van der Waals surface area (Å²) in [5, 5.41) is 5.87. The number of anilines is 1. The molecule has 22 heavy (non-hydrogen) atoms. The smallest absolute Gasteiger partial charge is 0.238 e. The molecule has 0 bridgehead atoms. The highest BCUT2D eigenvalue weighted by molar-refractivity contribution is 5.92. The van der Waals surface area contributed by atoms with Gasteiger partial charge in [0.2, 0.25) is 5.91 Å². The lowest BCUT2D eigenvalue weighted by molar-refractivity contribution is -0.115. The summed E-state index contributed by atoms with van der Waals surface area (Å²) in [4.78, 5) is 11.8. The summed E-state index contributed by atoms with van der Waals surface area (Å²) in [6, 6.07) is 12.5. The van der Waals surface area contributed by atoms with E-state index in [0.29, 0.717) is 18.5 Å². The molecule has 2 N–H and O–H groups in total.